The highest BCUT2D eigenvalue weighted by Crippen LogP contribution is 2.11. The number of hydrogen-bond donors (Lipinski definition) is 1. The van der Waals surface area contributed by atoms with Gasteiger partial charge in [-0.15, -0.1) is 0 Å². The van der Waals surface area contributed by atoms with Crippen LogP contribution in [0.25, 0.3) is 0 Å². The third kappa shape index (κ3) is 4.97. The van der Waals surface area contributed by atoms with Crippen molar-refractivity contribution in [3.8, 4) is 0 Å². The molecule has 0 aromatic heterocycles. The van der Waals surface area contributed by atoms with Crippen LogP contribution in [0.15, 0.2) is 18.2 Å². The van der Waals surface area contributed by atoms with E-state index in [9.17, 15) is 4.79 Å². The maximum Gasteiger partial charge on any atom is 0.260 e. The van der Waals surface area contributed by atoms with Gasteiger partial charge in [-0.05, 0) is 25.0 Å². The molecule has 0 bridgehead atoms. The first-order valence-electron chi connectivity index (χ1n) is 5.59. The van der Waals surface area contributed by atoms with Crippen molar-refractivity contribution < 1.29 is 9.53 Å². The predicted octanol–water partition coefficient (Wildman–Crippen LogP) is 1.41. The lowest BCUT2D eigenvalue weighted by Gasteiger charge is -2.12. The average molecular weight is 236 g/mol. The second-order valence-electron chi connectivity index (χ2n) is 4.35. The van der Waals surface area contributed by atoms with E-state index in [4.69, 9.17) is 4.74 Å². The summed E-state index contributed by atoms with van der Waals surface area (Å²) in [6.45, 7) is 4.65. The number of aryl methyl sites for hydroxylation is 2. The molecule has 4 nitrogen and oxygen atoms in total. The van der Waals surface area contributed by atoms with Crippen LogP contribution in [-0.4, -0.2) is 31.6 Å². The third-order valence-corrected chi connectivity index (χ3v) is 2.34. The van der Waals surface area contributed by atoms with Gasteiger partial charge < -0.3 is 4.74 Å². The van der Waals surface area contributed by atoms with Gasteiger partial charge in [-0.3, -0.25) is 10.2 Å². The van der Waals surface area contributed by atoms with Crippen LogP contribution in [0.5, 0.6) is 0 Å². The van der Waals surface area contributed by atoms with Gasteiger partial charge in [0.15, 0.2) is 0 Å². The molecule has 4 heteroatoms. The number of carbonyl (C=O) groups excluding carboxylic acids is 1. The Morgan fingerprint density at radius 3 is 2.65 bits per heavy atom. The summed E-state index contributed by atoms with van der Waals surface area (Å²) in [6.07, 6.45) is 0. The molecule has 1 aromatic carbocycles. The monoisotopic (exact) mass is 236 g/mol. The number of nitrogens with zero attached hydrogens (tertiary/aromatic N) is 1. The van der Waals surface area contributed by atoms with E-state index in [2.05, 4.69) is 18.4 Å². The summed E-state index contributed by atoms with van der Waals surface area (Å²) < 4.78 is 5.36. The first-order chi connectivity index (χ1) is 7.99. The fraction of sp³-hybridized carbons (Fsp3) is 0.462. The van der Waals surface area contributed by atoms with Crippen LogP contribution in [0.2, 0.25) is 0 Å². The standard InChI is InChI=1S/C13H20N2O2/c1-10-5-6-12(11(2)7-10)8-17-9-13(16)14-15(3)4/h5-7H,8-9H2,1-4H3,(H,14,16). The molecule has 0 aliphatic heterocycles. The summed E-state index contributed by atoms with van der Waals surface area (Å²) in [4.78, 5) is 11.3. The van der Waals surface area contributed by atoms with E-state index < -0.39 is 0 Å². The van der Waals surface area contributed by atoms with Gasteiger partial charge in [-0.25, -0.2) is 5.01 Å². The van der Waals surface area contributed by atoms with E-state index in [-0.39, 0.29) is 12.5 Å². The number of benzene rings is 1. The van der Waals surface area contributed by atoms with E-state index in [0.717, 1.165) is 5.56 Å². The van der Waals surface area contributed by atoms with Crippen molar-refractivity contribution in [2.45, 2.75) is 20.5 Å². The molecule has 0 spiro atoms. The maximum atomic E-state index is 11.3. The van der Waals surface area contributed by atoms with E-state index in [1.165, 1.54) is 11.1 Å². The number of ether oxygens (including phenoxy) is 1. The van der Waals surface area contributed by atoms with E-state index in [1.54, 1.807) is 19.1 Å². The summed E-state index contributed by atoms with van der Waals surface area (Å²) in [5.74, 6) is -0.139. The topological polar surface area (TPSA) is 41.6 Å². The van der Waals surface area contributed by atoms with Gasteiger partial charge in [0.05, 0.1) is 6.61 Å². The molecule has 0 fully saturated rings. The molecular weight excluding hydrogens is 216 g/mol. The van der Waals surface area contributed by atoms with Crippen LogP contribution in [0.1, 0.15) is 16.7 Å². The number of hydrazine groups is 1. The normalized spacial score (nSPS) is 10.6. The highest BCUT2D eigenvalue weighted by molar-refractivity contribution is 5.76. The SMILES string of the molecule is Cc1ccc(COCC(=O)NN(C)C)c(C)c1. The molecule has 0 aliphatic rings. The molecule has 1 aromatic rings. The molecule has 0 unspecified atom stereocenters. The molecule has 1 N–H and O–H groups in total. The molecule has 1 rings (SSSR count). The van der Waals surface area contributed by atoms with Crippen LogP contribution in [0, 0.1) is 13.8 Å². The Morgan fingerprint density at radius 1 is 1.35 bits per heavy atom. The molecule has 0 aliphatic carbocycles. The van der Waals surface area contributed by atoms with Gasteiger partial charge in [0.2, 0.25) is 0 Å². The summed E-state index contributed by atoms with van der Waals surface area (Å²) >= 11 is 0. The lowest BCUT2D eigenvalue weighted by Crippen LogP contribution is -2.38. The van der Waals surface area contributed by atoms with Crippen molar-refractivity contribution in [2.75, 3.05) is 20.7 Å². The highest BCUT2D eigenvalue weighted by Gasteiger charge is 2.03. The Labute approximate surface area is 103 Å². The molecular formula is C13H20N2O2. The number of rotatable bonds is 5. The van der Waals surface area contributed by atoms with Crippen molar-refractivity contribution in [2.24, 2.45) is 0 Å². The fourth-order valence-corrected chi connectivity index (χ4v) is 1.54. The Bertz CT molecular complexity index is 389. The summed E-state index contributed by atoms with van der Waals surface area (Å²) in [5.41, 5.74) is 6.17. The van der Waals surface area contributed by atoms with Crippen LogP contribution in [0.3, 0.4) is 0 Å². The van der Waals surface area contributed by atoms with Gasteiger partial charge in [0, 0.05) is 14.1 Å². The first kappa shape index (κ1) is 13.7. The molecule has 0 saturated carbocycles. The zero-order valence-electron chi connectivity index (χ0n) is 10.9. The summed E-state index contributed by atoms with van der Waals surface area (Å²) in [5, 5.41) is 1.60. The number of hydrogen-bond acceptors (Lipinski definition) is 3. The minimum absolute atomic E-state index is 0.0749. The number of nitrogens with one attached hydrogen (secondary N) is 1. The van der Waals surface area contributed by atoms with Gasteiger partial charge in [-0.1, -0.05) is 23.8 Å². The molecule has 0 saturated heterocycles. The second-order valence-corrected chi connectivity index (χ2v) is 4.35. The zero-order chi connectivity index (χ0) is 12.8. The van der Waals surface area contributed by atoms with Crippen molar-refractivity contribution in [1.82, 2.24) is 10.4 Å². The van der Waals surface area contributed by atoms with Gasteiger partial charge in [0.25, 0.3) is 5.91 Å². The highest BCUT2D eigenvalue weighted by atomic mass is 16.5. The molecule has 1 amide bonds. The Morgan fingerprint density at radius 2 is 2.06 bits per heavy atom. The van der Waals surface area contributed by atoms with Gasteiger partial charge in [0.1, 0.15) is 6.61 Å². The number of amides is 1. The van der Waals surface area contributed by atoms with Crippen molar-refractivity contribution in [3.63, 3.8) is 0 Å². The van der Waals surface area contributed by atoms with E-state index in [0.29, 0.717) is 6.61 Å². The second kappa shape index (κ2) is 6.37. The van der Waals surface area contributed by atoms with Crippen molar-refractivity contribution in [1.29, 1.82) is 0 Å². The van der Waals surface area contributed by atoms with Crippen molar-refractivity contribution in [3.05, 3.63) is 34.9 Å². The maximum absolute atomic E-state index is 11.3. The largest absolute Gasteiger partial charge is 0.367 e. The van der Waals surface area contributed by atoms with Crippen LogP contribution in [0.4, 0.5) is 0 Å². The Hall–Kier alpha value is -1.39. The van der Waals surface area contributed by atoms with Crippen LogP contribution < -0.4 is 5.43 Å². The average Bonchev–Trinajstić information content (AvgIpc) is 2.20. The molecule has 0 atom stereocenters. The number of carbonyl (C=O) groups is 1. The van der Waals surface area contributed by atoms with E-state index >= 15 is 0 Å². The zero-order valence-corrected chi connectivity index (χ0v) is 10.9. The first-order valence-corrected chi connectivity index (χ1v) is 5.59. The van der Waals surface area contributed by atoms with Gasteiger partial charge in [-0.2, -0.15) is 0 Å². The molecule has 17 heavy (non-hydrogen) atoms. The fourth-order valence-electron chi connectivity index (χ4n) is 1.54. The minimum atomic E-state index is -0.139. The lowest BCUT2D eigenvalue weighted by molar-refractivity contribution is -0.129. The molecule has 0 radical (unpaired) electrons. The smallest absolute Gasteiger partial charge is 0.260 e. The van der Waals surface area contributed by atoms with Crippen LogP contribution in [-0.2, 0) is 16.1 Å². The minimum Gasteiger partial charge on any atom is -0.367 e. The van der Waals surface area contributed by atoms with Crippen LogP contribution >= 0.6 is 0 Å². The van der Waals surface area contributed by atoms with E-state index in [1.807, 2.05) is 19.1 Å². The molecule has 94 valence electrons. The van der Waals surface area contributed by atoms with Crippen molar-refractivity contribution >= 4 is 5.91 Å². The molecule has 0 heterocycles. The van der Waals surface area contributed by atoms with Gasteiger partial charge >= 0.3 is 0 Å². The Kier molecular flexibility index (Phi) is 5.12. The third-order valence-electron chi connectivity index (χ3n) is 2.34. The quantitative estimate of drug-likeness (QED) is 0.786. The lowest BCUT2D eigenvalue weighted by atomic mass is 10.1. The predicted molar refractivity (Wildman–Crippen MR) is 67.4 cm³/mol. The Balaban J connectivity index is 2.38. The summed E-state index contributed by atoms with van der Waals surface area (Å²) in [6, 6.07) is 6.19. The summed E-state index contributed by atoms with van der Waals surface area (Å²) in [7, 11) is 3.53.